The van der Waals surface area contributed by atoms with E-state index in [2.05, 4.69) is 0 Å². The number of likely N-dealkylation sites (tertiary alicyclic amines) is 1. The van der Waals surface area contributed by atoms with Crippen LogP contribution in [0.1, 0.15) is 42.9 Å². The lowest BCUT2D eigenvalue weighted by atomic mass is 9.91. The lowest BCUT2D eigenvalue weighted by Crippen LogP contribution is -2.34. The zero-order chi connectivity index (χ0) is 28.1. The molecule has 3 aromatic carbocycles. The highest BCUT2D eigenvalue weighted by Gasteiger charge is 2.30. The normalized spacial score (nSPS) is 16.4. The van der Waals surface area contributed by atoms with Crippen molar-refractivity contribution in [3.63, 3.8) is 0 Å². The summed E-state index contributed by atoms with van der Waals surface area (Å²) in [6, 6.07) is 18.2. The molecule has 1 aliphatic heterocycles. The van der Waals surface area contributed by atoms with Crippen LogP contribution in [-0.4, -0.2) is 59.4 Å². The topological polar surface area (TPSA) is 152 Å². The molecule has 10 nitrogen and oxygen atoms in total. The SMILES string of the molecule is CC(=O)OC(C)OC(=O)N1CC[C@H](Oc2ccc([C@H](Cc3ccc4ccc(C(=N)N)cc4c3)C(=O)O)cc2)C1. The van der Waals surface area contributed by atoms with Crippen LogP contribution in [0.5, 0.6) is 5.75 Å². The maximum Gasteiger partial charge on any atom is 0.412 e. The van der Waals surface area contributed by atoms with Crippen molar-refractivity contribution in [2.24, 2.45) is 5.73 Å². The Balaban J connectivity index is 1.38. The number of amides is 1. The van der Waals surface area contributed by atoms with Crippen molar-refractivity contribution in [2.45, 2.75) is 45.0 Å². The number of ether oxygens (including phenoxy) is 3. The fraction of sp³-hybridized carbons (Fsp3) is 0.310. The number of hydrogen-bond donors (Lipinski definition) is 3. The van der Waals surface area contributed by atoms with Crippen LogP contribution in [0, 0.1) is 5.41 Å². The van der Waals surface area contributed by atoms with Gasteiger partial charge in [-0.25, -0.2) is 4.79 Å². The van der Waals surface area contributed by atoms with Crippen LogP contribution in [0.2, 0.25) is 0 Å². The van der Waals surface area contributed by atoms with Crippen LogP contribution < -0.4 is 10.5 Å². The number of nitrogens with one attached hydrogen (secondary N) is 1. The van der Waals surface area contributed by atoms with E-state index in [-0.39, 0.29) is 11.9 Å². The number of benzene rings is 3. The maximum atomic E-state index is 12.3. The zero-order valence-corrected chi connectivity index (χ0v) is 21.8. The molecule has 1 unspecified atom stereocenters. The van der Waals surface area contributed by atoms with Crippen LogP contribution >= 0.6 is 0 Å². The second-order valence-corrected chi connectivity index (χ2v) is 9.51. The van der Waals surface area contributed by atoms with E-state index in [4.69, 9.17) is 25.4 Å². The molecule has 1 amide bonds. The molecular weight excluding hydrogens is 502 g/mol. The number of carbonyl (C=O) groups excluding carboxylic acids is 2. The molecule has 4 rings (SSSR count). The van der Waals surface area contributed by atoms with Crippen molar-refractivity contribution >= 4 is 34.6 Å². The first-order valence-electron chi connectivity index (χ1n) is 12.6. The Kier molecular flexibility index (Phi) is 8.33. The number of carboxylic acid groups (broad SMARTS) is 1. The van der Waals surface area contributed by atoms with Gasteiger partial charge < -0.3 is 30.0 Å². The van der Waals surface area contributed by atoms with Gasteiger partial charge in [0.15, 0.2) is 0 Å². The zero-order valence-electron chi connectivity index (χ0n) is 21.8. The number of nitrogens with two attached hydrogens (primary N) is 1. The quantitative estimate of drug-likeness (QED) is 0.161. The van der Waals surface area contributed by atoms with E-state index < -0.39 is 30.2 Å². The molecule has 4 N–H and O–H groups in total. The number of aliphatic carboxylic acids is 1. The molecule has 0 saturated carbocycles. The summed E-state index contributed by atoms with van der Waals surface area (Å²) in [6.07, 6.45) is -0.913. The Labute approximate surface area is 225 Å². The lowest BCUT2D eigenvalue weighted by molar-refractivity contribution is -0.163. The summed E-state index contributed by atoms with van der Waals surface area (Å²) in [7, 11) is 0. The number of esters is 1. The van der Waals surface area contributed by atoms with Crippen molar-refractivity contribution in [3.8, 4) is 5.75 Å². The first-order chi connectivity index (χ1) is 18.6. The Morgan fingerprint density at radius 1 is 1.05 bits per heavy atom. The van der Waals surface area contributed by atoms with Gasteiger partial charge in [0.2, 0.25) is 6.29 Å². The molecule has 1 saturated heterocycles. The Bertz CT molecular complexity index is 1390. The van der Waals surface area contributed by atoms with Gasteiger partial charge in [-0.05, 0) is 46.5 Å². The first-order valence-corrected chi connectivity index (χ1v) is 12.6. The summed E-state index contributed by atoms with van der Waals surface area (Å²) in [5.74, 6) is -1.68. The van der Waals surface area contributed by atoms with Crippen molar-refractivity contribution in [2.75, 3.05) is 13.1 Å². The number of fused-ring (bicyclic) bond motifs is 1. The minimum atomic E-state index is -0.975. The number of nitrogens with zero attached hydrogens (tertiary/aromatic N) is 1. The van der Waals surface area contributed by atoms with Crippen molar-refractivity contribution < 1.29 is 33.7 Å². The van der Waals surface area contributed by atoms with Crippen LogP contribution in [-0.2, 0) is 25.5 Å². The fourth-order valence-electron chi connectivity index (χ4n) is 4.61. The third-order valence-electron chi connectivity index (χ3n) is 6.54. The van der Waals surface area contributed by atoms with Crippen molar-refractivity contribution in [1.82, 2.24) is 4.90 Å². The summed E-state index contributed by atoms with van der Waals surface area (Å²) in [6.45, 7) is 3.47. The van der Waals surface area contributed by atoms with E-state index in [1.54, 1.807) is 30.3 Å². The molecule has 0 spiro atoms. The largest absolute Gasteiger partial charge is 0.489 e. The Morgan fingerprint density at radius 2 is 1.77 bits per heavy atom. The molecule has 0 aliphatic carbocycles. The maximum absolute atomic E-state index is 12.3. The number of amidine groups is 1. The molecule has 1 aliphatic rings. The third kappa shape index (κ3) is 7.04. The van der Waals surface area contributed by atoms with Gasteiger partial charge in [-0.15, -0.1) is 0 Å². The molecule has 39 heavy (non-hydrogen) atoms. The second kappa shape index (κ2) is 11.8. The van der Waals surface area contributed by atoms with Gasteiger partial charge in [0.05, 0.1) is 12.5 Å². The van der Waals surface area contributed by atoms with Gasteiger partial charge >= 0.3 is 18.0 Å². The van der Waals surface area contributed by atoms with Gasteiger partial charge in [-0.1, -0.05) is 42.5 Å². The number of hydrogen-bond acceptors (Lipinski definition) is 7. The summed E-state index contributed by atoms with van der Waals surface area (Å²) in [4.78, 5) is 36.9. The lowest BCUT2D eigenvalue weighted by Gasteiger charge is -2.20. The average molecular weight is 534 g/mol. The average Bonchev–Trinajstić information content (AvgIpc) is 3.35. The molecule has 1 heterocycles. The van der Waals surface area contributed by atoms with Crippen molar-refractivity contribution in [1.29, 1.82) is 5.41 Å². The molecule has 3 aromatic rings. The molecule has 0 radical (unpaired) electrons. The third-order valence-corrected chi connectivity index (χ3v) is 6.54. The Morgan fingerprint density at radius 3 is 2.44 bits per heavy atom. The second-order valence-electron chi connectivity index (χ2n) is 9.51. The minimum absolute atomic E-state index is 0.0212. The fourth-order valence-corrected chi connectivity index (χ4v) is 4.61. The van der Waals surface area contributed by atoms with Crippen molar-refractivity contribution in [3.05, 3.63) is 77.4 Å². The van der Waals surface area contributed by atoms with E-state index in [1.165, 1.54) is 18.7 Å². The molecule has 1 fully saturated rings. The van der Waals surface area contributed by atoms with E-state index in [0.29, 0.717) is 42.8 Å². The summed E-state index contributed by atoms with van der Waals surface area (Å²) < 4.78 is 15.9. The van der Waals surface area contributed by atoms with Crippen LogP contribution in [0.25, 0.3) is 10.8 Å². The molecule has 0 bridgehead atoms. The molecule has 204 valence electrons. The first kappa shape index (κ1) is 27.4. The monoisotopic (exact) mass is 533 g/mol. The predicted octanol–water partition coefficient (Wildman–Crippen LogP) is 4.03. The van der Waals surface area contributed by atoms with Gasteiger partial charge in [-0.2, -0.15) is 0 Å². The van der Waals surface area contributed by atoms with Crippen LogP contribution in [0.15, 0.2) is 60.7 Å². The Hall–Kier alpha value is -4.60. The summed E-state index contributed by atoms with van der Waals surface area (Å²) in [5, 5.41) is 19.5. The van der Waals surface area contributed by atoms with E-state index >= 15 is 0 Å². The summed E-state index contributed by atoms with van der Waals surface area (Å²) in [5.41, 5.74) is 7.73. The van der Waals surface area contributed by atoms with Gasteiger partial charge in [0, 0.05) is 32.4 Å². The van der Waals surface area contributed by atoms with Crippen LogP contribution in [0.3, 0.4) is 0 Å². The molecule has 0 aromatic heterocycles. The molecule has 10 heteroatoms. The smallest absolute Gasteiger partial charge is 0.412 e. The highest BCUT2D eigenvalue weighted by Crippen LogP contribution is 2.27. The van der Waals surface area contributed by atoms with Gasteiger partial charge in [0.1, 0.15) is 17.7 Å². The number of carbonyl (C=O) groups is 3. The number of carboxylic acids is 1. The molecule has 3 atom stereocenters. The van der Waals surface area contributed by atoms with Crippen LogP contribution in [0.4, 0.5) is 4.79 Å². The highest BCUT2D eigenvalue weighted by molar-refractivity contribution is 5.99. The minimum Gasteiger partial charge on any atom is -0.489 e. The van der Waals surface area contributed by atoms with E-state index in [9.17, 15) is 19.5 Å². The van der Waals surface area contributed by atoms with Gasteiger partial charge in [-0.3, -0.25) is 15.0 Å². The number of nitrogen functional groups attached to an aromatic ring is 1. The van der Waals surface area contributed by atoms with E-state index in [1.807, 2.05) is 30.3 Å². The highest BCUT2D eigenvalue weighted by atomic mass is 16.7. The predicted molar refractivity (Wildman–Crippen MR) is 144 cm³/mol. The summed E-state index contributed by atoms with van der Waals surface area (Å²) >= 11 is 0. The van der Waals surface area contributed by atoms with E-state index in [0.717, 1.165) is 16.3 Å². The number of rotatable bonds is 9. The van der Waals surface area contributed by atoms with Gasteiger partial charge in [0.25, 0.3) is 0 Å². The standard InChI is InChI=1S/C29H31N3O7/c1-17(33)37-18(2)38-29(36)32-12-11-25(16-32)39-24-9-7-21(8-10-24)26(28(34)35)14-19-3-4-20-5-6-22(27(30)31)15-23(20)13-19/h3-10,13,15,18,25-26H,11-12,14,16H2,1-2H3,(H3,30,31)(H,34,35)/t18?,25-,26-/m0/s1. The molecular formula is C29H31N3O7.